The summed E-state index contributed by atoms with van der Waals surface area (Å²) in [6.45, 7) is 3.01. The largest absolute Gasteiger partial charge is 0.461 e. The van der Waals surface area contributed by atoms with Crippen molar-refractivity contribution >= 4 is 5.97 Å². The predicted octanol–water partition coefficient (Wildman–Crippen LogP) is 1.11. The monoisotopic (exact) mass is 208 g/mol. The topological polar surface area (TPSA) is 42.4 Å². The quantitative estimate of drug-likeness (QED) is 0.695. The van der Waals surface area contributed by atoms with Crippen LogP contribution in [0.2, 0.25) is 0 Å². The Morgan fingerprint density at radius 2 is 2.20 bits per heavy atom. The summed E-state index contributed by atoms with van der Waals surface area (Å²) in [6.07, 6.45) is 1.54. The van der Waals surface area contributed by atoms with E-state index in [0.29, 0.717) is 12.2 Å². The Bertz CT molecular complexity index is 320. The van der Waals surface area contributed by atoms with Crippen LogP contribution in [0.15, 0.2) is 18.3 Å². The molecule has 0 saturated carbocycles. The van der Waals surface area contributed by atoms with Gasteiger partial charge in [0, 0.05) is 18.4 Å². The lowest BCUT2D eigenvalue weighted by Gasteiger charge is -2.09. The molecule has 4 heteroatoms. The van der Waals surface area contributed by atoms with Crippen molar-refractivity contribution in [3.8, 4) is 0 Å². The normalized spacial score (nSPS) is 10.4. The number of hydrogen-bond donors (Lipinski definition) is 0. The highest BCUT2D eigenvalue weighted by molar-refractivity contribution is 5.88. The molecule has 0 spiro atoms. The zero-order valence-electron chi connectivity index (χ0n) is 9.36. The number of aryl methyl sites for hydroxylation is 1. The first kappa shape index (κ1) is 11.7. The van der Waals surface area contributed by atoms with Gasteiger partial charge in [0.2, 0.25) is 0 Å². The van der Waals surface area contributed by atoms with Gasteiger partial charge in [0.05, 0.1) is 5.56 Å². The van der Waals surface area contributed by atoms with Gasteiger partial charge in [-0.05, 0) is 33.2 Å². The van der Waals surface area contributed by atoms with Gasteiger partial charge in [0.1, 0.15) is 6.61 Å². The number of likely N-dealkylation sites (N-methyl/N-ethyl adjacent to an activating group) is 1. The van der Waals surface area contributed by atoms with Gasteiger partial charge in [-0.25, -0.2) is 4.79 Å². The van der Waals surface area contributed by atoms with Gasteiger partial charge in [-0.1, -0.05) is 0 Å². The first-order chi connectivity index (χ1) is 7.09. The van der Waals surface area contributed by atoms with Gasteiger partial charge >= 0.3 is 5.97 Å². The van der Waals surface area contributed by atoms with Gasteiger partial charge in [0.15, 0.2) is 0 Å². The number of rotatable bonds is 4. The van der Waals surface area contributed by atoms with Crippen LogP contribution in [-0.2, 0) is 4.74 Å². The average Bonchev–Trinajstić information content (AvgIpc) is 2.18. The molecule has 0 radical (unpaired) electrons. The molecule has 15 heavy (non-hydrogen) atoms. The first-order valence-electron chi connectivity index (χ1n) is 4.84. The van der Waals surface area contributed by atoms with Crippen LogP contribution in [-0.4, -0.2) is 43.1 Å². The molecule has 0 aliphatic rings. The highest BCUT2D eigenvalue weighted by Gasteiger charge is 2.06. The van der Waals surface area contributed by atoms with Gasteiger partial charge in [-0.2, -0.15) is 0 Å². The SMILES string of the molecule is Cc1ccc(C(=O)OCCN(C)C)cn1. The van der Waals surface area contributed by atoms with E-state index >= 15 is 0 Å². The van der Waals surface area contributed by atoms with E-state index in [1.54, 1.807) is 12.1 Å². The molecule has 0 amide bonds. The van der Waals surface area contributed by atoms with E-state index in [9.17, 15) is 4.79 Å². The summed E-state index contributed by atoms with van der Waals surface area (Å²) < 4.78 is 5.06. The van der Waals surface area contributed by atoms with Crippen LogP contribution in [0.3, 0.4) is 0 Å². The zero-order chi connectivity index (χ0) is 11.3. The van der Waals surface area contributed by atoms with Crippen molar-refractivity contribution < 1.29 is 9.53 Å². The zero-order valence-corrected chi connectivity index (χ0v) is 9.36. The van der Waals surface area contributed by atoms with Crippen LogP contribution in [0.25, 0.3) is 0 Å². The highest BCUT2D eigenvalue weighted by Crippen LogP contribution is 2.01. The molecule has 4 nitrogen and oxygen atoms in total. The number of nitrogens with zero attached hydrogens (tertiary/aromatic N) is 2. The Morgan fingerprint density at radius 3 is 2.73 bits per heavy atom. The molecule has 0 atom stereocenters. The van der Waals surface area contributed by atoms with Gasteiger partial charge in [-0.15, -0.1) is 0 Å². The lowest BCUT2D eigenvalue weighted by Crippen LogP contribution is -2.20. The van der Waals surface area contributed by atoms with Crippen molar-refractivity contribution in [1.29, 1.82) is 0 Å². The number of ether oxygens (including phenoxy) is 1. The molecular formula is C11H16N2O2. The first-order valence-corrected chi connectivity index (χ1v) is 4.84. The third kappa shape index (κ3) is 4.08. The van der Waals surface area contributed by atoms with Gasteiger partial charge < -0.3 is 9.64 Å². The van der Waals surface area contributed by atoms with E-state index in [1.807, 2.05) is 25.9 Å². The van der Waals surface area contributed by atoms with E-state index in [1.165, 1.54) is 6.20 Å². The second-order valence-corrected chi connectivity index (χ2v) is 3.63. The predicted molar refractivity (Wildman–Crippen MR) is 57.8 cm³/mol. The fourth-order valence-corrected chi connectivity index (χ4v) is 0.993. The summed E-state index contributed by atoms with van der Waals surface area (Å²) in [5.41, 5.74) is 1.39. The molecule has 82 valence electrons. The Morgan fingerprint density at radius 1 is 1.47 bits per heavy atom. The van der Waals surface area contributed by atoms with Crippen molar-refractivity contribution in [1.82, 2.24) is 9.88 Å². The molecule has 1 aromatic heterocycles. The Hall–Kier alpha value is -1.42. The number of hydrogen-bond acceptors (Lipinski definition) is 4. The third-order valence-electron chi connectivity index (χ3n) is 1.92. The maximum absolute atomic E-state index is 11.5. The second kappa shape index (κ2) is 5.46. The van der Waals surface area contributed by atoms with Gasteiger partial charge in [0.25, 0.3) is 0 Å². The van der Waals surface area contributed by atoms with Gasteiger partial charge in [-0.3, -0.25) is 4.98 Å². The molecule has 1 heterocycles. The summed E-state index contributed by atoms with van der Waals surface area (Å²) in [7, 11) is 3.86. The molecule has 1 rings (SSSR count). The number of aromatic nitrogens is 1. The molecule has 0 N–H and O–H groups in total. The molecule has 0 aromatic carbocycles. The van der Waals surface area contributed by atoms with E-state index in [4.69, 9.17) is 4.74 Å². The van der Waals surface area contributed by atoms with Crippen molar-refractivity contribution in [2.24, 2.45) is 0 Å². The highest BCUT2D eigenvalue weighted by atomic mass is 16.5. The Labute approximate surface area is 89.9 Å². The van der Waals surface area contributed by atoms with E-state index in [2.05, 4.69) is 4.98 Å². The Balaban J connectivity index is 2.43. The summed E-state index contributed by atoms with van der Waals surface area (Å²) in [5.74, 6) is -0.315. The second-order valence-electron chi connectivity index (χ2n) is 3.63. The van der Waals surface area contributed by atoms with Crippen molar-refractivity contribution in [2.45, 2.75) is 6.92 Å². The van der Waals surface area contributed by atoms with Crippen LogP contribution in [0.1, 0.15) is 16.1 Å². The molecule has 1 aromatic rings. The molecule has 0 unspecified atom stereocenters. The van der Waals surface area contributed by atoms with Crippen LogP contribution >= 0.6 is 0 Å². The lowest BCUT2D eigenvalue weighted by atomic mass is 10.2. The van der Waals surface area contributed by atoms with Crippen LogP contribution < -0.4 is 0 Å². The van der Waals surface area contributed by atoms with Crippen LogP contribution in [0.4, 0.5) is 0 Å². The maximum Gasteiger partial charge on any atom is 0.339 e. The Kier molecular flexibility index (Phi) is 4.24. The number of carbonyl (C=O) groups is 1. The van der Waals surface area contributed by atoms with E-state index in [-0.39, 0.29) is 5.97 Å². The molecule has 0 saturated heterocycles. The fourth-order valence-electron chi connectivity index (χ4n) is 0.993. The minimum Gasteiger partial charge on any atom is -0.461 e. The molecule has 0 aliphatic carbocycles. The molecular weight excluding hydrogens is 192 g/mol. The number of carbonyl (C=O) groups excluding carboxylic acids is 1. The van der Waals surface area contributed by atoms with Crippen molar-refractivity contribution in [3.05, 3.63) is 29.6 Å². The summed E-state index contributed by atoms with van der Waals surface area (Å²) >= 11 is 0. The lowest BCUT2D eigenvalue weighted by molar-refractivity contribution is 0.0481. The molecule has 0 bridgehead atoms. The number of pyridine rings is 1. The third-order valence-corrected chi connectivity index (χ3v) is 1.92. The van der Waals surface area contributed by atoms with Crippen LogP contribution in [0, 0.1) is 6.92 Å². The number of esters is 1. The van der Waals surface area contributed by atoms with Crippen LogP contribution in [0.5, 0.6) is 0 Å². The smallest absolute Gasteiger partial charge is 0.339 e. The minimum absolute atomic E-state index is 0.315. The minimum atomic E-state index is -0.315. The summed E-state index contributed by atoms with van der Waals surface area (Å²) in [5, 5.41) is 0. The van der Waals surface area contributed by atoms with E-state index < -0.39 is 0 Å². The van der Waals surface area contributed by atoms with E-state index in [0.717, 1.165) is 12.2 Å². The average molecular weight is 208 g/mol. The molecule has 0 fully saturated rings. The standard InChI is InChI=1S/C11H16N2O2/c1-9-4-5-10(8-12-9)11(14)15-7-6-13(2)3/h4-5,8H,6-7H2,1-3H3. The fraction of sp³-hybridized carbons (Fsp3) is 0.455. The van der Waals surface area contributed by atoms with Crippen molar-refractivity contribution in [2.75, 3.05) is 27.2 Å². The summed E-state index contributed by atoms with van der Waals surface area (Å²) in [4.78, 5) is 17.4. The maximum atomic E-state index is 11.5. The van der Waals surface area contributed by atoms with Crippen molar-refractivity contribution in [3.63, 3.8) is 0 Å². The summed E-state index contributed by atoms with van der Waals surface area (Å²) in [6, 6.07) is 3.52. The molecule has 0 aliphatic heterocycles.